The number of aromatic nitrogens is 1. The fourth-order valence-corrected chi connectivity index (χ4v) is 2.93. The molecule has 0 bridgehead atoms. The highest BCUT2D eigenvalue weighted by molar-refractivity contribution is 5.94. The number of aryl methyl sites for hydroxylation is 1. The Hall–Kier alpha value is -1.48. The first-order valence-electron chi connectivity index (χ1n) is 6.83. The zero-order chi connectivity index (χ0) is 12.5. The Bertz CT molecular complexity index is 536. The minimum absolute atomic E-state index is 0.409. The third-order valence-electron chi connectivity index (χ3n) is 4.01. The van der Waals surface area contributed by atoms with Gasteiger partial charge in [0, 0.05) is 28.7 Å². The van der Waals surface area contributed by atoms with Gasteiger partial charge < -0.3 is 16.0 Å². The van der Waals surface area contributed by atoms with E-state index in [1.54, 1.807) is 0 Å². The monoisotopic (exact) mass is 243 g/mol. The van der Waals surface area contributed by atoms with Gasteiger partial charge in [0.1, 0.15) is 0 Å². The topological polar surface area (TPSA) is 53.8 Å². The number of nitrogens with one attached hydrogen (secondary N) is 2. The molecule has 0 aliphatic heterocycles. The Morgan fingerprint density at radius 3 is 2.67 bits per heavy atom. The molecule has 3 rings (SSSR count). The van der Waals surface area contributed by atoms with Crippen molar-refractivity contribution in [2.45, 2.75) is 44.7 Å². The predicted molar refractivity (Wildman–Crippen MR) is 76.9 cm³/mol. The average molecular weight is 243 g/mol. The molecular weight excluding hydrogens is 222 g/mol. The van der Waals surface area contributed by atoms with E-state index in [2.05, 4.69) is 41.5 Å². The number of anilines is 1. The molecular formula is C15H21N3. The summed E-state index contributed by atoms with van der Waals surface area (Å²) < 4.78 is 0. The Morgan fingerprint density at radius 1 is 1.17 bits per heavy atom. The van der Waals surface area contributed by atoms with Crippen molar-refractivity contribution in [3.63, 3.8) is 0 Å². The fourth-order valence-electron chi connectivity index (χ4n) is 2.93. The largest absolute Gasteiger partial charge is 0.380 e. The molecule has 1 fully saturated rings. The third kappa shape index (κ3) is 2.10. The molecule has 1 aromatic heterocycles. The van der Waals surface area contributed by atoms with Crippen molar-refractivity contribution in [2.24, 2.45) is 5.73 Å². The molecule has 1 aliphatic rings. The molecule has 0 unspecified atom stereocenters. The van der Waals surface area contributed by atoms with E-state index < -0.39 is 0 Å². The number of benzene rings is 1. The van der Waals surface area contributed by atoms with Gasteiger partial charge in [-0.05, 0) is 38.7 Å². The summed E-state index contributed by atoms with van der Waals surface area (Å²) in [6.07, 6.45) is 4.64. The number of hydrogen-bond acceptors (Lipinski definition) is 2. The first-order chi connectivity index (χ1) is 8.74. The Morgan fingerprint density at radius 2 is 1.89 bits per heavy atom. The lowest BCUT2D eigenvalue weighted by molar-refractivity contribution is 0.411. The van der Waals surface area contributed by atoms with Gasteiger partial charge in [0.15, 0.2) is 0 Å². The maximum atomic E-state index is 5.96. The van der Waals surface area contributed by atoms with Gasteiger partial charge >= 0.3 is 0 Å². The van der Waals surface area contributed by atoms with Crippen LogP contribution in [-0.4, -0.2) is 17.1 Å². The van der Waals surface area contributed by atoms with Crippen molar-refractivity contribution in [3.8, 4) is 0 Å². The van der Waals surface area contributed by atoms with Gasteiger partial charge in [-0.3, -0.25) is 0 Å². The third-order valence-corrected chi connectivity index (χ3v) is 4.01. The molecule has 4 N–H and O–H groups in total. The first-order valence-corrected chi connectivity index (χ1v) is 6.83. The van der Waals surface area contributed by atoms with E-state index in [1.807, 2.05) is 0 Å². The molecule has 0 saturated heterocycles. The van der Waals surface area contributed by atoms with Gasteiger partial charge in [0.05, 0.1) is 5.69 Å². The van der Waals surface area contributed by atoms with Gasteiger partial charge in [-0.1, -0.05) is 18.2 Å². The zero-order valence-corrected chi connectivity index (χ0v) is 10.9. The van der Waals surface area contributed by atoms with E-state index in [0.717, 1.165) is 12.8 Å². The van der Waals surface area contributed by atoms with E-state index >= 15 is 0 Å². The fraction of sp³-hybridized carbons (Fsp3) is 0.467. The smallest absolute Gasteiger partial charge is 0.0630 e. The van der Waals surface area contributed by atoms with Gasteiger partial charge in [-0.25, -0.2) is 0 Å². The molecule has 96 valence electrons. The van der Waals surface area contributed by atoms with E-state index in [-0.39, 0.29) is 0 Å². The van der Waals surface area contributed by atoms with Gasteiger partial charge in [-0.2, -0.15) is 0 Å². The van der Waals surface area contributed by atoms with Crippen molar-refractivity contribution in [2.75, 3.05) is 5.32 Å². The van der Waals surface area contributed by atoms with Crippen molar-refractivity contribution in [1.82, 2.24) is 4.98 Å². The molecule has 2 aromatic rings. The van der Waals surface area contributed by atoms with Crippen LogP contribution in [0.4, 0.5) is 5.69 Å². The van der Waals surface area contributed by atoms with Crippen LogP contribution in [0.5, 0.6) is 0 Å². The van der Waals surface area contributed by atoms with Gasteiger partial charge in [-0.15, -0.1) is 0 Å². The zero-order valence-electron chi connectivity index (χ0n) is 10.9. The second kappa shape index (κ2) is 4.65. The standard InChI is InChI=1S/C15H21N3/c1-10-15(13-4-2-3-5-14(13)17-10)18-12-8-6-11(16)7-9-12/h2-5,11-12,17-18H,6-9,16H2,1H3. The molecule has 0 radical (unpaired) electrons. The van der Waals surface area contributed by atoms with Crippen molar-refractivity contribution < 1.29 is 0 Å². The minimum atomic E-state index is 0.409. The molecule has 1 aliphatic carbocycles. The summed E-state index contributed by atoms with van der Waals surface area (Å²) in [6, 6.07) is 9.45. The van der Waals surface area contributed by atoms with Crippen LogP contribution in [0.2, 0.25) is 0 Å². The predicted octanol–water partition coefficient (Wildman–Crippen LogP) is 3.16. The summed E-state index contributed by atoms with van der Waals surface area (Å²) in [5, 5.41) is 5.00. The molecule has 1 saturated carbocycles. The highest BCUT2D eigenvalue weighted by atomic mass is 15.0. The molecule has 1 aromatic carbocycles. The van der Waals surface area contributed by atoms with Crippen LogP contribution in [0.3, 0.4) is 0 Å². The SMILES string of the molecule is Cc1[nH]c2ccccc2c1NC1CCC(N)CC1. The lowest BCUT2D eigenvalue weighted by Gasteiger charge is -2.27. The number of rotatable bonds is 2. The summed E-state index contributed by atoms with van der Waals surface area (Å²) >= 11 is 0. The highest BCUT2D eigenvalue weighted by Gasteiger charge is 2.19. The second-order valence-corrected chi connectivity index (χ2v) is 5.43. The van der Waals surface area contributed by atoms with Crippen molar-refractivity contribution >= 4 is 16.6 Å². The normalized spacial score (nSPS) is 24.3. The average Bonchev–Trinajstić information content (AvgIpc) is 2.69. The van der Waals surface area contributed by atoms with E-state index in [1.165, 1.54) is 35.1 Å². The molecule has 0 amide bonds. The van der Waals surface area contributed by atoms with Gasteiger partial charge in [0.25, 0.3) is 0 Å². The number of aromatic amines is 1. The number of H-pyrrole nitrogens is 1. The lowest BCUT2D eigenvalue weighted by Crippen LogP contribution is -2.32. The van der Waals surface area contributed by atoms with E-state index in [0.29, 0.717) is 12.1 Å². The van der Waals surface area contributed by atoms with Crippen LogP contribution < -0.4 is 11.1 Å². The minimum Gasteiger partial charge on any atom is -0.380 e. The maximum Gasteiger partial charge on any atom is 0.0630 e. The number of hydrogen-bond donors (Lipinski definition) is 3. The van der Waals surface area contributed by atoms with Crippen molar-refractivity contribution in [1.29, 1.82) is 0 Å². The summed E-state index contributed by atoms with van der Waals surface area (Å²) in [6.45, 7) is 2.14. The summed E-state index contributed by atoms with van der Waals surface area (Å²) in [4.78, 5) is 3.44. The quantitative estimate of drug-likeness (QED) is 0.759. The summed E-state index contributed by atoms with van der Waals surface area (Å²) in [7, 11) is 0. The molecule has 0 atom stereocenters. The molecule has 0 spiro atoms. The number of nitrogens with two attached hydrogens (primary N) is 1. The van der Waals surface area contributed by atoms with Crippen molar-refractivity contribution in [3.05, 3.63) is 30.0 Å². The summed E-state index contributed by atoms with van der Waals surface area (Å²) in [5.41, 5.74) is 9.67. The van der Waals surface area contributed by atoms with Crippen LogP contribution in [0.1, 0.15) is 31.4 Å². The van der Waals surface area contributed by atoms with E-state index in [9.17, 15) is 0 Å². The van der Waals surface area contributed by atoms with Crippen LogP contribution in [0.15, 0.2) is 24.3 Å². The van der Waals surface area contributed by atoms with Gasteiger partial charge in [0.2, 0.25) is 0 Å². The lowest BCUT2D eigenvalue weighted by atomic mass is 9.91. The number of fused-ring (bicyclic) bond motifs is 1. The number of para-hydroxylation sites is 1. The Balaban J connectivity index is 1.84. The molecule has 3 nitrogen and oxygen atoms in total. The second-order valence-electron chi connectivity index (χ2n) is 5.43. The van der Waals surface area contributed by atoms with Crippen LogP contribution in [0, 0.1) is 6.92 Å². The Kier molecular flexibility index (Phi) is 3.00. The summed E-state index contributed by atoms with van der Waals surface area (Å²) in [5.74, 6) is 0. The van der Waals surface area contributed by atoms with E-state index in [4.69, 9.17) is 5.73 Å². The Labute approximate surface area is 108 Å². The highest BCUT2D eigenvalue weighted by Crippen LogP contribution is 2.30. The molecule has 1 heterocycles. The first kappa shape index (κ1) is 11.6. The molecule has 3 heteroatoms. The van der Waals surface area contributed by atoms with Crippen LogP contribution >= 0.6 is 0 Å². The maximum absolute atomic E-state index is 5.96. The molecule has 18 heavy (non-hydrogen) atoms. The van der Waals surface area contributed by atoms with Crippen LogP contribution in [-0.2, 0) is 0 Å². The van der Waals surface area contributed by atoms with Crippen LogP contribution in [0.25, 0.3) is 10.9 Å².